The summed E-state index contributed by atoms with van der Waals surface area (Å²) in [6, 6.07) is 1.82. The van der Waals surface area contributed by atoms with Crippen molar-refractivity contribution in [1.82, 2.24) is 20.2 Å². The maximum atomic E-state index is 5.00. The molecule has 5 nitrogen and oxygen atoms in total. The fraction of sp³-hybridized carbons (Fsp3) is 0.333. The number of methoxy groups -OCH3 is 1. The molecule has 6 heteroatoms. The molecule has 2 aromatic heterocycles. The number of ether oxygens (including phenoxy) is 1. The third-order valence-corrected chi connectivity index (χ3v) is 2.56. The van der Waals surface area contributed by atoms with Crippen molar-refractivity contribution in [2.75, 3.05) is 7.11 Å². The van der Waals surface area contributed by atoms with E-state index >= 15 is 0 Å². The lowest BCUT2D eigenvalue weighted by Crippen LogP contribution is -1.96. The summed E-state index contributed by atoms with van der Waals surface area (Å²) in [6.07, 6.45) is 1.70. The van der Waals surface area contributed by atoms with E-state index in [1.165, 1.54) is 11.3 Å². The average Bonchev–Trinajstić information content (AvgIpc) is 2.66. The molecule has 2 rings (SSSR count). The highest BCUT2D eigenvalue weighted by molar-refractivity contribution is 7.14. The first-order valence-corrected chi connectivity index (χ1v) is 5.22. The number of aryl methyl sites for hydroxylation is 1. The lowest BCUT2D eigenvalue weighted by molar-refractivity contribution is 0.181. The third-order valence-electron chi connectivity index (χ3n) is 1.72. The molecule has 0 bridgehead atoms. The summed E-state index contributed by atoms with van der Waals surface area (Å²) in [4.78, 5) is 8.46. The van der Waals surface area contributed by atoms with Crippen molar-refractivity contribution < 1.29 is 4.74 Å². The second-order valence-electron chi connectivity index (χ2n) is 2.93. The average molecular weight is 222 g/mol. The topological polar surface area (TPSA) is 60.8 Å². The van der Waals surface area contributed by atoms with Crippen LogP contribution in [0.2, 0.25) is 0 Å². The highest BCUT2D eigenvalue weighted by Gasteiger charge is 2.07. The molecule has 0 aromatic carbocycles. The molecule has 0 saturated heterocycles. The standard InChI is InChI=1S/C9H10N4OS/c1-6-12-13-9(15-6)8-10-4-3-7(11-8)5-14-2/h3-4H,5H2,1-2H3. The van der Waals surface area contributed by atoms with Crippen LogP contribution in [0.25, 0.3) is 10.8 Å². The Balaban J connectivity index is 2.32. The first-order valence-electron chi connectivity index (χ1n) is 4.41. The molecule has 0 radical (unpaired) electrons. The minimum absolute atomic E-state index is 0.479. The summed E-state index contributed by atoms with van der Waals surface area (Å²) in [7, 11) is 1.64. The lowest BCUT2D eigenvalue weighted by atomic mass is 10.4. The van der Waals surface area contributed by atoms with Gasteiger partial charge in [0.25, 0.3) is 0 Å². The summed E-state index contributed by atoms with van der Waals surface area (Å²) in [5.41, 5.74) is 0.843. The Labute approximate surface area is 91.2 Å². The number of rotatable bonds is 3. The normalized spacial score (nSPS) is 10.5. The Kier molecular flexibility index (Phi) is 2.98. The highest BCUT2D eigenvalue weighted by atomic mass is 32.1. The van der Waals surface area contributed by atoms with Crippen molar-refractivity contribution >= 4 is 11.3 Å². The van der Waals surface area contributed by atoms with Crippen molar-refractivity contribution in [3.8, 4) is 10.8 Å². The first kappa shape index (κ1) is 10.1. The smallest absolute Gasteiger partial charge is 0.191 e. The van der Waals surface area contributed by atoms with E-state index in [0.29, 0.717) is 12.4 Å². The SMILES string of the molecule is COCc1ccnc(-c2nnc(C)s2)n1. The quantitative estimate of drug-likeness (QED) is 0.786. The zero-order chi connectivity index (χ0) is 10.7. The van der Waals surface area contributed by atoms with Crippen LogP contribution in [0.1, 0.15) is 10.7 Å². The van der Waals surface area contributed by atoms with E-state index in [0.717, 1.165) is 15.7 Å². The largest absolute Gasteiger partial charge is 0.378 e. The van der Waals surface area contributed by atoms with Gasteiger partial charge in [-0.1, -0.05) is 11.3 Å². The van der Waals surface area contributed by atoms with Crippen LogP contribution in [-0.4, -0.2) is 27.3 Å². The van der Waals surface area contributed by atoms with Gasteiger partial charge >= 0.3 is 0 Å². The van der Waals surface area contributed by atoms with Gasteiger partial charge in [0.15, 0.2) is 10.8 Å². The molecule has 0 aliphatic carbocycles. The molecule has 15 heavy (non-hydrogen) atoms. The predicted octanol–water partition coefficient (Wildman–Crippen LogP) is 1.45. The van der Waals surface area contributed by atoms with Gasteiger partial charge in [0.2, 0.25) is 0 Å². The first-order chi connectivity index (χ1) is 7.29. The Morgan fingerprint density at radius 2 is 2.27 bits per heavy atom. The summed E-state index contributed by atoms with van der Waals surface area (Å²) in [5.74, 6) is 0.607. The van der Waals surface area contributed by atoms with Crippen molar-refractivity contribution in [2.24, 2.45) is 0 Å². The number of aromatic nitrogens is 4. The molecule has 2 aromatic rings. The van der Waals surface area contributed by atoms with Crippen LogP contribution in [0.5, 0.6) is 0 Å². The van der Waals surface area contributed by atoms with Crippen LogP contribution in [0.4, 0.5) is 0 Å². The summed E-state index contributed by atoms with van der Waals surface area (Å²) < 4.78 is 5.00. The van der Waals surface area contributed by atoms with Gasteiger partial charge in [-0.05, 0) is 13.0 Å². The lowest BCUT2D eigenvalue weighted by Gasteiger charge is -1.99. The minimum Gasteiger partial charge on any atom is -0.378 e. The molecule has 0 aliphatic heterocycles. The maximum absolute atomic E-state index is 5.00. The fourth-order valence-electron chi connectivity index (χ4n) is 1.11. The van der Waals surface area contributed by atoms with Gasteiger partial charge in [-0.25, -0.2) is 9.97 Å². The number of hydrogen-bond donors (Lipinski definition) is 0. The number of hydrogen-bond acceptors (Lipinski definition) is 6. The van der Waals surface area contributed by atoms with E-state index in [-0.39, 0.29) is 0 Å². The summed E-state index contributed by atoms with van der Waals surface area (Å²) in [6.45, 7) is 2.38. The fourth-order valence-corrected chi connectivity index (χ4v) is 1.75. The Morgan fingerprint density at radius 3 is 2.93 bits per heavy atom. The molecule has 0 atom stereocenters. The molecule has 0 fully saturated rings. The second kappa shape index (κ2) is 4.41. The van der Waals surface area contributed by atoms with Gasteiger partial charge in [-0.15, -0.1) is 10.2 Å². The predicted molar refractivity (Wildman–Crippen MR) is 56.4 cm³/mol. The van der Waals surface area contributed by atoms with Crippen molar-refractivity contribution in [3.05, 3.63) is 23.0 Å². The zero-order valence-corrected chi connectivity index (χ0v) is 9.28. The van der Waals surface area contributed by atoms with E-state index < -0.39 is 0 Å². The van der Waals surface area contributed by atoms with Crippen LogP contribution in [0.3, 0.4) is 0 Å². The monoisotopic (exact) mass is 222 g/mol. The Bertz CT molecular complexity index is 457. The van der Waals surface area contributed by atoms with E-state index in [9.17, 15) is 0 Å². The van der Waals surface area contributed by atoms with Gasteiger partial charge in [0.05, 0.1) is 12.3 Å². The van der Waals surface area contributed by atoms with Gasteiger partial charge in [-0.3, -0.25) is 0 Å². The van der Waals surface area contributed by atoms with Gasteiger partial charge in [-0.2, -0.15) is 0 Å². The van der Waals surface area contributed by atoms with Crippen LogP contribution in [-0.2, 0) is 11.3 Å². The van der Waals surface area contributed by atoms with E-state index in [1.807, 2.05) is 13.0 Å². The second-order valence-corrected chi connectivity index (χ2v) is 4.11. The Morgan fingerprint density at radius 1 is 1.40 bits per heavy atom. The van der Waals surface area contributed by atoms with Crippen LogP contribution in [0, 0.1) is 6.92 Å². The molecule has 0 amide bonds. The summed E-state index contributed by atoms with van der Waals surface area (Å²) >= 11 is 1.48. The molecular weight excluding hydrogens is 212 g/mol. The molecule has 0 aliphatic rings. The van der Waals surface area contributed by atoms with Crippen LogP contribution < -0.4 is 0 Å². The molecule has 0 N–H and O–H groups in total. The van der Waals surface area contributed by atoms with Gasteiger partial charge < -0.3 is 4.74 Å². The van der Waals surface area contributed by atoms with Crippen molar-refractivity contribution in [3.63, 3.8) is 0 Å². The van der Waals surface area contributed by atoms with E-state index in [1.54, 1.807) is 13.3 Å². The molecular formula is C9H10N4OS. The maximum Gasteiger partial charge on any atom is 0.191 e. The minimum atomic E-state index is 0.479. The van der Waals surface area contributed by atoms with E-state index in [4.69, 9.17) is 4.74 Å². The highest BCUT2D eigenvalue weighted by Crippen LogP contribution is 2.18. The Hall–Kier alpha value is -1.40. The molecule has 2 heterocycles. The van der Waals surface area contributed by atoms with Crippen molar-refractivity contribution in [2.45, 2.75) is 13.5 Å². The van der Waals surface area contributed by atoms with E-state index in [2.05, 4.69) is 20.2 Å². The van der Waals surface area contributed by atoms with Crippen LogP contribution in [0.15, 0.2) is 12.3 Å². The molecule has 0 spiro atoms. The zero-order valence-electron chi connectivity index (χ0n) is 8.47. The van der Waals surface area contributed by atoms with Gasteiger partial charge in [0.1, 0.15) is 5.01 Å². The molecule has 0 saturated carbocycles. The summed E-state index contributed by atoms with van der Waals surface area (Å²) in [5, 5.41) is 9.57. The number of nitrogens with zero attached hydrogens (tertiary/aromatic N) is 4. The van der Waals surface area contributed by atoms with Crippen LogP contribution >= 0.6 is 11.3 Å². The molecule has 78 valence electrons. The van der Waals surface area contributed by atoms with Crippen molar-refractivity contribution in [1.29, 1.82) is 0 Å². The molecule has 0 unspecified atom stereocenters. The van der Waals surface area contributed by atoms with Gasteiger partial charge in [0, 0.05) is 13.3 Å². The third kappa shape index (κ3) is 2.34.